The lowest BCUT2D eigenvalue weighted by Gasteiger charge is -2.29. The molecular formula is C15H20BrClN2O. The number of carbonyl (C=O) groups excluding carboxylic acids is 1. The molecule has 1 aliphatic rings. The summed E-state index contributed by atoms with van der Waals surface area (Å²) < 4.78 is 0.839. The zero-order valence-corrected chi connectivity index (χ0v) is 14.0. The molecule has 1 amide bonds. The zero-order chi connectivity index (χ0) is 14.5. The van der Waals surface area contributed by atoms with E-state index < -0.39 is 0 Å². The van der Waals surface area contributed by atoms with E-state index in [1.54, 1.807) is 12.1 Å². The molecule has 0 radical (unpaired) electrons. The van der Waals surface area contributed by atoms with Crippen molar-refractivity contribution in [2.75, 3.05) is 26.2 Å². The van der Waals surface area contributed by atoms with E-state index in [-0.39, 0.29) is 5.91 Å². The smallest absolute Gasteiger partial charge is 0.253 e. The molecule has 0 aliphatic carbocycles. The van der Waals surface area contributed by atoms with Crippen LogP contribution in [0.25, 0.3) is 0 Å². The van der Waals surface area contributed by atoms with E-state index in [2.05, 4.69) is 21.2 Å². The molecule has 110 valence electrons. The fourth-order valence-electron chi connectivity index (χ4n) is 2.59. The summed E-state index contributed by atoms with van der Waals surface area (Å²) in [5, 5.41) is 3.94. The largest absolute Gasteiger partial charge is 0.339 e. The highest BCUT2D eigenvalue weighted by atomic mass is 79.9. The highest BCUT2D eigenvalue weighted by Crippen LogP contribution is 2.22. The van der Waals surface area contributed by atoms with Crippen molar-refractivity contribution in [3.63, 3.8) is 0 Å². The number of piperidine rings is 1. The molecule has 1 aromatic carbocycles. The monoisotopic (exact) mass is 358 g/mol. The van der Waals surface area contributed by atoms with Crippen LogP contribution in [0.2, 0.25) is 5.02 Å². The van der Waals surface area contributed by atoms with Crippen molar-refractivity contribution in [2.45, 2.75) is 19.8 Å². The SMILES string of the molecule is CCN(CC1CCNCC1)C(=O)c1cc(Cl)cc(Br)c1. The van der Waals surface area contributed by atoms with E-state index in [4.69, 9.17) is 11.6 Å². The standard InChI is InChI=1S/C15H20BrClN2O/c1-2-19(10-11-3-5-18-6-4-11)15(20)12-7-13(16)9-14(17)8-12/h7-9,11,18H,2-6,10H2,1H3. The van der Waals surface area contributed by atoms with Crippen LogP contribution < -0.4 is 5.32 Å². The number of amides is 1. The van der Waals surface area contributed by atoms with Crippen LogP contribution in [0.15, 0.2) is 22.7 Å². The predicted molar refractivity (Wildman–Crippen MR) is 86.3 cm³/mol. The van der Waals surface area contributed by atoms with E-state index in [1.807, 2.05) is 17.9 Å². The molecule has 0 bridgehead atoms. The molecule has 1 saturated heterocycles. The number of nitrogens with zero attached hydrogens (tertiary/aromatic N) is 1. The molecule has 0 aromatic heterocycles. The number of nitrogens with one attached hydrogen (secondary N) is 1. The first-order valence-electron chi connectivity index (χ1n) is 7.06. The van der Waals surface area contributed by atoms with Crippen LogP contribution in [0, 0.1) is 5.92 Å². The normalized spacial score (nSPS) is 16.1. The summed E-state index contributed by atoms with van der Waals surface area (Å²) >= 11 is 9.41. The summed E-state index contributed by atoms with van der Waals surface area (Å²) in [6.07, 6.45) is 2.28. The Labute approximate surface area is 133 Å². The molecule has 0 unspecified atom stereocenters. The molecule has 1 aromatic rings. The first-order chi connectivity index (χ1) is 9.60. The van der Waals surface area contributed by atoms with Crippen LogP contribution in [0.3, 0.4) is 0 Å². The van der Waals surface area contributed by atoms with Gasteiger partial charge in [-0.2, -0.15) is 0 Å². The molecular weight excluding hydrogens is 340 g/mol. The highest BCUT2D eigenvalue weighted by molar-refractivity contribution is 9.10. The lowest BCUT2D eigenvalue weighted by atomic mass is 9.97. The van der Waals surface area contributed by atoms with Gasteiger partial charge in [-0.15, -0.1) is 0 Å². The van der Waals surface area contributed by atoms with Crippen molar-refractivity contribution in [2.24, 2.45) is 5.92 Å². The maximum absolute atomic E-state index is 12.6. The van der Waals surface area contributed by atoms with Crippen molar-refractivity contribution in [1.29, 1.82) is 0 Å². The molecule has 1 fully saturated rings. The Morgan fingerprint density at radius 3 is 2.70 bits per heavy atom. The second kappa shape index (κ2) is 7.43. The summed E-state index contributed by atoms with van der Waals surface area (Å²) in [5.41, 5.74) is 0.653. The minimum Gasteiger partial charge on any atom is -0.339 e. The summed E-state index contributed by atoms with van der Waals surface area (Å²) in [4.78, 5) is 14.5. The summed E-state index contributed by atoms with van der Waals surface area (Å²) in [7, 11) is 0. The topological polar surface area (TPSA) is 32.3 Å². The van der Waals surface area contributed by atoms with Gasteiger partial charge >= 0.3 is 0 Å². The predicted octanol–water partition coefficient (Wildman–Crippen LogP) is 3.56. The van der Waals surface area contributed by atoms with Gasteiger partial charge in [-0.3, -0.25) is 4.79 Å². The second-order valence-electron chi connectivity index (χ2n) is 5.20. The second-order valence-corrected chi connectivity index (χ2v) is 6.55. The molecule has 2 rings (SSSR count). The van der Waals surface area contributed by atoms with Gasteiger partial charge in [0.2, 0.25) is 0 Å². The van der Waals surface area contributed by atoms with Gasteiger partial charge in [0.1, 0.15) is 0 Å². The number of hydrogen-bond donors (Lipinski definition) is 1. The van der Waals surface area contributed by atoms with Crippen molar-refractivity contribution < 1.29 is 4.79 Å². The summed E-state index contributed by atoms with van der Waals surface area (Å²) in [6, 6.07) is 5.36. The lowest BCUT2D eigenvalue weighted by Crippen LogP contribution is -2.39. The minimum atomic E-state index is 0.0641. The number of carbonyl (C=O) groups is 1. The van der Waals surface area contributed by atoms with Crippen LogP contribution in [0.5, 0.6) is 0 Å². The van der Waals surface area contributed by atoms with Crippen LogP contribution in [-0.4, -0.2) is 37.0 Å². The Morgan fingerprint density at radius 2 is 2.10 bits per heavy atom. The van der Waals surface area contributed by atoms with Crippen molar-refractivity contribution >= 4 is 33.4 Å². The Balaban J connectivity index is 2.07. The van der Waals surface area contributed by atoms with E-state index in [1.165, 1.54) is 0 Å². The molecule has 1 aliphatic heterocycles. The first-order valence-corrected chi connectivity index (χ1v) is 8.23. The first kappa shape index (κ1) is 15.8. The molecule has 3 nitrogen and oxygen atoms in total. The van der Waals surface area contributed by atoms with Gasteiger partial charge in [-0.25, -0.2) is 0 Å². The van der Waals surface area contributed by atoms with E-state index in [0.29, 0.717) is 16.5 Å². The number of halogens is 2. The van der Waals surface area contributed by atoms with Gasteiger partial charge in [0, 0.05) is 28.1 Å². The maximum Gasteiger partial charge on any atom is 0.253 e. The quantitative estimate of drug-likeness (QED) is 0.891. The number of benzene rings is 1. The van der Waals surface area contributed by atoms with E-state index in [9.17, 15) is 4.79 Å². The summed E-state index contributed by atoms with van der Waals surface area (Å²) in [6.45, 7) is 5.70. The van der Waals surface area contributed by atoms with Gasteiger partial charge in [-0.05, 0) is 57.0 Å². The van der Waals surface area contributed by atoms with Gasteiger partial charge < -0.3 is 10.2 Å². The molecule has 5 heteroatoms. The average molecular weight is 360 g/mol. The van der Waals surface area contributed by atoms with Gasteiger partial charge in [-0.1, -0.05) is 27.5 Å². The third kappa shape index (κ3) is 4.21. The number of hydrogen-bond acceptors (Lipinski definition) is 2. The molecule has 0 atom stereocenters. The third-order valence-electron chi connectivity index (χ3n) is 3.72. The van der Waals surface area contributed by atoms with Crippen molar-refractivity contribution in [3.05, 3.63) is 33.3 Å². The van der Waals surface area contributed by atoms with Gasteiger partial charge in [0.05, 0.1) is 0 Å². The Kier molecular flexibility index (Phi) is 5.87. The minimum absolute atomic E-state index is 0.0641. The van der Waals surface area contributed by atoms with E-state index in [0.717, 1.165) is 43.5 Å². The fraction of sp³-hybridized carbons (Fsp3) is 0.533. The molecule has 1 heterocycles. The lowest BCUT2D eigenvalue weighted by molar-refractivity contribution is 0.0726. The average Bonchev–Trinajstić information content (AvgIpc) is 2.44. The zero-order valence-electron chi connectivity index (χ0n) is 11.7. The van der Waals surface area contributed by atoms with Gasteiger partial charge in [0.15, 0.2) is 0 Å². The van der Waals surface area contributed by atoms with Crippen LogP contribution >= 0.6 is 27.5 Å². The van der Waals surface area contributed by atoms with Crippen molar-refractivity contribution in [3.8, 4) is 0 Å². The van der Waals surface area contributed by atoms with Crippen LogP contribution in [0.4, 0.5) is 0 Å². The molecule has 0 spiro atoms. The summed E-state index contributed by atoms with van der Waals surface area (Å²) in [5.74, 6) is 0.664. The maximum atomic E-state index is 12.6. The molecule has 1 N–H and O–H groups in total. The Bertz CT molecular complexity index is 455. The Morgan fingerprint density at radius 1 is 1.40 bits per heavy atom. The number of rotatable bonds is 4. The fourth-order valence-corrected chi connectivity index (χ4v) is 3.45. The van der Waals surface area contributed by atoms with Crippen molar-refractivity contribution in [1.82, 2.24) is 10.2 Å². The Hall–Kier alpha value is -0.580. The highest BCUT2D eigenvalue weighted by Gasteiger charge is 2.21. The third-order valence-corrected chi connectivity index (χ3v) is 4.39. The van der Waals surface area contributed by atoms with Crippen LogP contribution in [-0.2, 0) is 0 Å². The van der Waals surface area contributed by atoms with Gasteiger partial charge in [0.25, 0.3) is 5.91 Å². The molecule has 20 heavy (non-hydrogen) atoms. The molecule has 0 saturated carbocycles. The van der Waals surface area contributed by atoms with E-state index >= 15 is 0 Å². The van der Waals surface area contributed by atoms with Crippen LogP contribution in [0.1, 0.15) is 30.1 Å².